The van der Waals surface area contributed by atoms with E-state index < -0.39 is 30.8 Å². The zero-order valence-electron chi connectivity index (χ0n) is 17.6. The molecule has 0 saturated carbocycles. The predicted octanol–water partition coefficient (Wildman–Crippen LogP) is 2.38. The Morgan fingerprint density at radius 2 is 1.97 bits per heavy atom. The summed E-state index contributed by atoms with van der Waals surface area (Å²) in [6.45, 7) is 2.49. The number of rotatable bonds is 5. The summed E-state index contributed by atoms with van der Waals surface area (Å²) in [5.74, 6) is -3.07. The minimum Gasteiger partial charge on any atom is -0.497 e. The second-order valence-electron chi connectivity index (χ2n) is 8.15. The van der Waals surface area contributed by atoms with Crippen molar-refractivity contribution in [3.8, 4) is 5.75 Å². The van der Waals surface area contributed by atoms with Crippen LogP contribution in [-0.2, 0) is 6.54 Å². The quantitative estimate of drug-likeness (QED) is 0.723. The Bertz CT molecular complexity index is 987. The van der Waals surface area contributed by atoms with Crippen molar-refractivity contribution in [2.45, 2.75) is 44.7 Å². The molecule has 3 heterocycles. The van der Waals surface area contributed by atoms with Crippen LogP contribution in [0, 0.1) is 6.92 Å². The van der Waals surface area contributed by atoms with Gasteiger partial charge in [0.2, 0.25) is 0 Å². The Morgan fingerprint density at radius 3 is 2.65 bits per heavy atom. The molecule has 2 aliphatic heterocycles. The maximum absolute atomic E-state index is 14.3. The fraction of sp³-hybridized carbons (Fsp3) is 0.524. The number of hydrogen-bond acceptors (Lipinski definition) is 5. The zero-order chi connectivity index (χ0) is 22.2. The monoisotopic (exact) mass is 433 g/mol. The number of likely N-dealkylation sites (tertiary alicyclic amines) is 2. The molecule has 2 amide bonds. The Labute approximate surface area is 178 Å². The van der Waals surface area contributed by atoms with Gasteiger partial charge in [0.1, 0.15) is 5.75 Å². The fourth-order valence-electron chi connectivity index (χ4n) is 4.24. The van der Waals surface area contributed by atoms with Crippen molar-refractivity contribution in [2.24, 2.45) is 0 Å². The van der Waals surface area contributed by atoms with Crippen molar-refractivity contribution in [3.63, 3.8) is 0 Å². The Morgan fingerprint density at radius 1 is 1.23 bits per heavy atom. The molecule has 0 aliphatic carbocycles. The van der Waals surface area contributed by atoms with E-state index in [-0.39, 0.29) is 18.1 Å². The number of hydrogen-bond donors (Lipinski definition) is 0. The van der Waals surface area contributed by atoms with Crippen molar-refractivity contribution in [1.29, 1.82) is 0 Å². The van der Waals surface area contributed by atoms with Gasteiger partial charge in [0.05, 0.1) is 32.4 Å². The Kier molecular flexibility index (Phi) is 5.63. The number of carbonyl (C=O) groups excluding carboxylic acids is 2. The number of nitrogens with zero attached hydrogens (tertiary/aromatic N) is 5. The normalized spacial score (nSPS) is 20.3. The van der Waals surface area contributed by atoms with Crippen molar-refractivity contribution in [2.75, 3.05) is 26.7 Å². The first-order chi connectivity index (χ1) is 14.8. The lowest BCUT2D eigenvalue weighted by atomic mass is 10.1. The lowest BCUT2D eigenvalue weighted by Crippen LogP contribution is -2.39. The summed E-state index contributed by atoms with van der Waals surface area (Å²) in [6.07, 6.45) is 2.92. The number of halogens is 2. The number of alkyl halides is 2. The highest BCUT2D eigenvalue weighted by atomic mass is 19.3. The number of aryl methyl sites for hydroxylation is 1. The van der Waals surface area contributed by atoms with Gasteiger partial charge >= 0.3 is 0 Å². The molecule has 1 atom stereocenters. The second kappa shape index (κ2) is 8.24. The first kappa shape index (κ1) is 21.2. The van der Waals surface area contributed by atoms with Crippen LogP contribution in [0.2, 0.25) is 0 Å². The summed E-state index contributed by atoms with van der Waals surface area (Å²) < 4.78 is 35.0. The third-order valence-corrected chi connectivity index (χ3v) is 5.85. The smallest absolute Gasteiger partial charge is 0.276 e. The highest BCUT2D eigenvalue weighted by Gasteiger charge is 2.47. The van der Waals surface area contributed by atoms with Crippen LogP contribution in [-0.4, -0.2) is 75.3 Å². The second-order valence-corrected chi connectivity index (χ2v) is 8.15. The van der Waals surface area contributed by atoms with Gasteiger partial charge in [0, 0.05) is 25.1 Å². The molecule has 31 heavy (non-hydrogen) atoms. The summed E-state index contributed by atoms with van der Waals surface area (Å²) in [5.41, 5.74) is 1.19. The minimum atomic E-state index is -2.99. The molecule has 0 radical (unpaired) electrons. The van der Waals surface area contributed by atoms with Crippen LogP contribution in [0.4, 0.5) is 8.78 Å². The highest BCUT2D eigenvalue weighted by Crippen LogP contribution is 2.34. The van der Waals surface area contributed by atoms with Gasteiger partial charge in [-0.15, -0.1) is 5.10 Å². The Hall–Kier alpha value is -3.04. The number of amides is 2. The number of ether oxygens (including phenoxy) is 1. The lowest BCUT2D eigenvalue weighted by Gasteiger charge is -2.24. The third-order valence-electron chi connectivity index (χ3n) is 5.85. The molecular formula is C21H25F2N5O3. The first-order valence-corrected chi connectivity index (χ1v) is 10.3. The molecule has 0 unspecified atom stereocenters. The van der Waals surface area contributed by atoms with E-state index in [4.69, 9.17) is 4.74 Å². The molecule has 0 bridgehead atoms. The van der Waals surface area contributed by atoms with Crippen LogP contribution >= 0.6 is 0 Å². The standard InChI is InChI=1S/C21H25F2N5O3/c1-14-9-16(31-2)5-6-17(14)19(29)28-13-21(22,23)10-15(28)11-27-12-18(24-25-27)20(30)26-7-3-4-8-26/h5-6,9,12,15H,3-4,7-8,10-11,13H2,1-2H3/t15-/m0/s1. The van der Waals surface area contributed by atoms with Gasteiger partial charge < -0.3 is 14.5 Å². The molecule has 0 N–H and O–H groups in total. The molecule has 166 valence electrons. The van der Waals surface area contributed by atoms with Gasteiger partial charge in [0.15, 0.2) is 5.69 Å². The number of aromatic nitrogens is 3. The zero-order valence-corrected chi connectivity index (χ0v) is 17.6. The van der Waals surface area contributed by atoms with Crippen LogP contribution in [0.15, 0.2) is 24.4 Å². The third kappa shape index (κ3) is 4.38. The van der Waals surface area contributed by atoms with Gasteiger partial charge in [-0.1, -0.05) is 5.21 Å². The van der Waals surface area contributed by atoms with Gasteiger partial charge in [0.25, 0.3) is 17.7 Å². The molecule has 1 aromatic heterocycles. The SMILES string of the molecule is COc1ccc(C(=O)N2CC(F)(F)C[C@H]2Cn2cc(C(=O)N3CCCC3)nn2)c(C)c1. The summed E-state index contributed by atoms with van der Waals surface area (Å²) in [4.78, 5) is 28.5. The topological polar surface area (TPSA) is 80.6 Å². The van der Waals surface area contributed by atoms with E-state index in [0.29, 0.717) is 30.0 Å². The van der Waals surface area contributed by atoms with E-state index in [1.54, 1.807) is 30.0 Å². The first-order valence-electron chi connectivity index (χ1n) is 10.3. The maximum atomic E-state index is 14.3. The fourth-order valence-corrected chi connectivity index (χ4v) is 4.24. The van der Waals surface area contributed by atoms with E-state index in [0.717, 1.165) is 12.8 Å². The van der Waals surface area contributed by atoms with Gasteiger partial charge in [-0.2, -0.15) is 0 Å². The predicted molar refractivity (Wildman–Crippen MR) is 107 cm³/mol. The molecule has 2 fully saturated rings. The molecule has 1 aromatic carbocycles. The minimum absolute atomic E-state index is 0.0385. The Balaban J connectivity index is 1.51. The van der Waals surface area contributed by atoms with E-state index in [9.17, 15) is 18.4 Å². The molecule has 2 aromatic rings. The summed E-state index contributed by atoms with van der Waals surface area (Å²) in [6, 6.07) is 4.16. The molecular weight excluding hydrogens is 408 g/mol. The van der Waals surface area contributed by atoms with E-state index in [2.05, 4.69) is 10.3 Å². The van der Waals surface area contributed by atoms with Gasteiger partial charge in [-0.05, 0) is 43.5 Å². The summed E-state index contributed by atoms with van der Waals surface area (Å²) in [7, 11) is 1.52. The van der Waals surface area contributed by atoms with Crippen LogP contribution < -0.4 is 4.74 Å². The van der Waals surface area contributed by atoms with Crippen molar-refractivity contribution >= 4 is 11.8 Å². The summed E-state index contributed by atoms with van der Waals surface area (Å²) in [5, 5.41) is 7.86. The van der Waals surface area contributed by atoms with Gasteiger partial charge in [-0.25, -0.2) is 13.5 Å². The highest BCUT2D eigenvalue weighted by molar-refractivity contribution is 5.96. The summed E-state index contributed by atoms with van der Waals surface area (Å²) >= 11 is 0. The molecule has 2 saturated heterocycles. The van der Waals surface area contributed by atoms with E-state index in [1.807, 2.05) is 0 Å². The van der Waals surface area contributed by atoms with Crippen LogP contribution in [0.1, 0.15) is 45.7 Å². The van der Waals surface area contributed by atoms with Crippen LogP contribution in [0.25, 0.3) is 0 Å². The van der Waals surface area contributed by atoms with Crippen molar-refractivity contribution in [3.05, 3.63) is 41.2 Å². The maximum Gasteiger partial charge on any atom is 0.276 e. The van der Waals surface area contributed by atoms with Crippen molar-refractivity contribution < 1.29 is 23.1 Å². The molecule has 10 heteroatoms. The lowest BCUT2D eigenvalue weighted by molar-refractivity contribution is 0.0117. The average molecular weight is 433 g/mol. The van der Waals surface area contributed by atoms with E-state index >= 15 is 0 Å². The molecule has 2 aliphatic rings. The number of carbonyl (C=O) groups is 2. The molecule has 4 rings (SSSR count). The van der Waals surface area contributed by atoms with E-state index in [1.165, 1.54) is 22.9 Å². The number of methoxy groups -OCH3 is 1. The number of benzene rings is 1. The molecule has 8 nitrogen and oxygen atoms in total. The largest absolute Gasteiger partial charge is 0.497 e. The average Bonchev–Trinajstić information content (AvgIpc) is 3.47. The van der Waals surface area contributed by atoms with Crippen LogP contribution in [0.3, 0.4) is 0 Å². The molecule has 0 spiro atoms. The van der Waals surface area contributed by atoms with Crippen LogP contribution in [0.5, 0.6) is 5.75 Å². The van der Waals surface area contributed by atoms with Gasteiger partial charge in [-0.3, -0.25) is 9.59 Å². The van der Waals surface area contributed by atoms with Crippen molar-refractivity contribution in [1.82, 2.24) is 24.8 Å².